The number of aromatic amines is 1. The number of carboxylic acid groups (broad SMARTS) is 1. The summed E-state index contributed by atoms with van der Waals surface area (Å²) >= 11 is 6.27. The molecule has 7 heteroatoms. The third-order valence-electron chi connectivity index (χ3n) is 6.38. The van der Waals surface area contributed by atoms with Crippen LogP contribution in [0.1, 0.15) is 24.2 Å². The summed E-state index contributed by atoms with van der Waals surface area (Å²) in [5.74, 6) is -0.855. The Morgan fingerprint density at radius 3 is 2.16 bits per heavy atom. The Balaban J connectivity index is 1.40. The van der Waals surface area contributed by atoms with Crippen LogP contribution in [0, 0.1) is 0 Å². The highest BCUT2D eigenvalue weighted by Gasteiger charge is 2.19. The van der Waals surface area contributed by atoms with E-state index >= 15 is 0 Å². The lowest BCUT2D eigenvalue weighted by atomic mass is 10.0. The third kappa shape index (κ3) is 5.41. The standard InChI is InChI=1S/C31H25ClN2O4/c1-19(24-6-2-4-8-26(24)32)38-31(37)34-30-25-7-3-5-9-27(25)33-29(30)23-16-14-22(15-17-23)21-12-10-20(11-13-21)18-28(35)36/h2-17,19,33H,18H2,1H3,(H,34,37)(H,35,36). The van der Waals surface area contributed by atoms with Crippen LogP contribution in [0.5, 0.6) is 0 Å². The van der Waals surface area contributed by atoms with Gasteiger partial charge in [0.2, 0.25) is 0 Å². The minimum Gasteiger partial charge on any atom is -0.481 e. The minimum absolute atomic E-state index is 0.00498. The molecular formula is C31H25ClN2O4. The molecule has 1 aromatic heterocycles. The molecule has 0 aliphatic heterocycles. The van der Waals surface area contributed by atoms with E-state index in [1.165, 1.54) is 0 Å². The second-order valence-electron chi connectivity index (χ2n) is 8.96. The number of halogens is 1. The number of anilines is 1. The van der Waals surface area contributed by atoms with Crippen molar-refractivity contribution >= 4 is 40.3 Å². The van der Waals surface area contributed by atoms with Crippen molar-refractivity contribution in [2.75, 3.05) is 5.32 Å². The molecule has 4 aromatic carbocycles. The van der Waals surface area contributed by atoms with Gasteiger partial charge in [-0.1, -0.05) is 96.5 Å². The number of aliphatic carboxylic acids is 1. The van der Waals surface area contributed by atoms with E-state index in [-0.39, 0.29) is 6.42 Å². The highest BCUT2D eigenvalue weighted by molar-refractivity contribution is 6.31. The number of H-pyrrole nitrogens is 1. The summed E-state index contributed by atoms with van der Waals surface area (Å²) in [4.78, 5) is 27.3. The number of carbonyl (C=O) groups is 2. The number of para-hydroxylation sites is 1. The molecule has 5 aromatic rings. The molecule has 38 heavy (non-hydrogen) atoms. The van der Waals surface area contributed by atoms with Crippen LogP contribution in [-0.4, -0.2) is 22.2 Å². The van der Waals surface area contributed by atoms with Crippen molar-refractivity contribution in [3.63, 3.8) is 0 Å². The molecule has 1 amide bonds. The van der Waals surface area contributed by atoms with Gasteiger partial charge < -0.3 is 14.8 Å². The highest BCUT2D eigenvalue weighted by Crippen LogP contribution is 2.36. The molecule has 6 nitrogen and oxygen atoms in total. The molecule has 0 saturated carbocycles. The molecule has 0 spiro atoms. The summed E-state index contributed by atoms with van der Waals surface area (Å²) in [7, 11) is 0. The average Bonchev–Trinajstić information content (AvgIpc) is 3.27. The Bertz CT molecular complexity index is 1610. The third-order valence-corrected chi connectivity index (χ3v) is 6.72. The predicted octanol–water partition coefficient (Wildman–Crippen LogP) is 8.09. The van der Waals surface area contributed by atoms with Gasteiger partial charge in [-0.2, -0.15) is 0 Å². The van der Waals surface area contributed by atoms with Crippen LogP contribution in [-0.2, 0) is 16.0 Å². The fourth-order valence-electron chi connectivity index (χ4n) is 4.47. The molecule has 0 fully saturated rings. The van der Waals surface area contributed by atoms with E-state index in [9.17, 15) is 9.59 Å². The largest absolute Gasteiger partial charge is 0.481 e. The number of carboxylic acids is 1. The van der Waals surface area contributed by atoms with Gasteiger partial charge in [-0.05, 0) is 35.7 Å². The van der Waals surface area contributed by atoms with E-state index in [0.29, 0.717) is 10.7 Å². The van der Waals surface area contributed by atoms with Crippen molar-refractivity contribution < 1.29 is 19.4 Å². The van der Waals surface area contributed by atoms with E-state index in [4.69, 9.17) is 21.4 Å². The predicted molar refractivity (Wildman–Crippen MR) is 150 cm³/mol. The van der Waals surface area contributed by atoms with Gasteiger partial charge in [0.1, 0.15) is 6.10 Å². The topological polar surface area (TPSA) is 91.4 Å². The first-order chi connectivity index (χ1) is 18.4. The van der Waals surface area contributed by atoms with E-state index in [1.54, 1.807) is 13.0 Å². The maximum Gasteiger partial charge on any atom is 0.412 e. The van der Waals surface area contributed by atoms with Crippen LogP contribution < -0.4 is 5.32 Å². The lowest BCUT2D eigenvalue weighted by Gasteiger charge is -2.16. The zero-order valence-electron chi connectivity index (χ0n) is 20.6. The number of benzene rings is 4. The number of amides is 1. The zero-order valence-corrected chi connectivity index (χ0v) is 21.3. The smallest absolute Gasteiger partial charge is 0.412 e. The summed E-state index contributed by atoms with van der Waals surface area (Å²) < 4.78 is 5.66. The maximum atomic E-state index is 12.9. The summed E-state index contributed by atoms with van der Waals surface area (Å²) in [5, 5.41) is 13.3. The van der Waals surface area contributed by atoms with Crippen LogP contribution in [0.4, 0.5) is 10.5 Å². The SMILES string of the molecule is CC(OC(=O)Nc1c(-c2ccc(-c3ccc(CC(=O)O)cc3)cc2)[nH]c2ccccc12)c1ccccc1Cl. The van der Waals surface area contributed by atoms with Crippen LogP contribution in [0.3, 0.4) is 0 Å². The number of carbonyl (C=O) groups excluding carboxylic acids is 1. The first-order valence-electron chi connectivity index (χ1n) is 12.1. The van der Waals surface area contributed by atoms with Crippen molar-refractivity contribution in [1.29, 1.82) is 0 Å². The minimum atomic E-state index is -0.855. The van der Waals surface area contributed by atoms with E-state index in [1.807, 2.05) is 91.0 Å². The van der Waals surface area contributed by atoms with E-state index in [2.05, 4.69) is 10.3 Å². The Hall–Kier alpha value is -4.55. The molecule has 1 atom stereocenters. The fourth-order valence-corrected chi connectivity index (χ4v) is 4.76. The number of nitrogens with one attached hydrogen (secondary N) is 2. The van der Waals surface area contributed by atoms with Crippen molar-refractivity contribution in [1.82, 2.24) is 4.98 Å². The first-order valence-corrected chi connectivity index (χ1v) is 12.5. The average molecular weight is 525 g/mol. The molecule has 0 aliphatic rings. The van der Waals surface area contributed by atoms with Gasteiger partial charge in [-0.15, -0.1) is 0 Å². The van der Waals surface area contributed by atoms with Crippen molar-refractivity contribution in [2.24, 2.45) is 0 Å². The van der Waals surface area contributed by atoms with Crippen LogP contribution in [0.2, 0.25) is 5.02 Å². The van der Waals surface area contributed by atoms with E-state index < -0.39 is 18.2 Å². The summed E-state index contributed by atoms with van der Waals surface area (Å²) in [6, 6.07) is 30.5. The molecule has 1 unspecified atom stereocenters. The first kappa shape index (κ1) is 25.1. The Morgan fingerprint density at radius 2 is 1.47 bits per heavy atom. The Morgan fingerprint density at radius 1 is 0.868 bits per heavy atom. The Kier molecular flexibility index (Phi) is 7.15. The fraction of sp³-hybridized carbons (Fsp3) is 0.0968. The Labute approximate surface area is 224 Å². The summed E-state index contributed by atoms with van der Waals surface area (Å²) in [6.45, 7) is 1.78. The summed E-state index contributed by atoms with van der Waals surface area (Å²) in [5.41, 5.74) is 6.63. The van der Waals surface area contributed by atoms with Gasteiger partial charge in [-0.3, -0.25) is 10.1 Å². The molecule has 0 radical (unpaired) electrons. The van der Waals surface area contributed by atoms with Gasteiger partial charge in [0.05, 0.1) is 17.8 Å². The van der Waals surface area contributed by atoms with Crippen molar-refractivity contribution in [3.05, 3.63) is 113 Å². The monoisotopic (exact) mass is 524 g/mol. The van der Waals surface area contributed by atoms with E-state index in [0.717, 1.165) is 44.4 Å². The molecule has 3 N–H and O–H groups in total. The zero-order chi connectivity index (χ0) is 26.6. The van der Waals surface area contributed by atoms with Crippen molar-refractivity contribution in [2.45, 2.75) is 19.4 Å². The number of aromatic nitrogens is 1. The van der Waals surface area contributed by atoms with Crippen LogP contribution >= 0.6 is 11.6 Å². The van der Waals surface area contributed by atoms with Crippen LogP contribution in [0.25, 0.3) is 33.3 Å². The highest BCUT2D eigenvalue weighted by atomic mass is 35.5. The van der Waals surface area contributed by atoms with Crippen LogP contribution in [0.15, 0.2) is 97.1 Å². The molecule has 0 saturated heterocycles. The molecule has 190 valence electrons. The molecule has 1 heterocycles. The number of hydrogen-bond acceptors (Lipinski definition) is 3. The molecule has 0 aliphatic carbocycles. The number of ether oxygens (including phenoxy) is 1. The molecular weight excluding hydrogens is 500 g/mol. The lowest BCUT2D eigenvalue weighted by molar-refractivity contribution is -0.136. The quantitative estimate of drug-likeness (QED) is 0.200. The number of hydrogen-bond donors (Lipinski definition) is 3. The number of fused-ring (bicyclic) bond motifs is 1. The maximum absolute atomic E-state index is 12.9. The molecule has 5 rings (SSSR count). The number of rotatable bonds is 7. The van der Waals surface area contributed by atoms with Gasteiger partial charge in [-0.25, -0.2) is 4.79 Å². The normalized spacial score (nSPS) is 11.7. The lowest BCUT2D eigenvalue weighted by Crippen LogP contribution is -2.16. The van der Waals surface area contributed by atoms with Gasteiger partial charge in [0, 0.05) is 27.1 Å². The second kappa shape index (κ2) is 10.8. The van der Waals surface area contributed by atoms with Gasteiger partial charge >= 0.3 is 12.1 Å². The summed E-state index contributed by atoms with van der Waals surface area (Å²) in [6.07, 6.45) is -1.12. The van der Waals surface area contributed by atoms with Gasteiger partial charge in [0.25, 0.3) is 0 Å². The van der Waals surface area contributed by atoms with Gasteiger partial charge in [0.15, 0.2) is 0 Å². The van der Waals surface area contributed by atoms with Crippen molar-refractivity contribution in [3.8, 4) is 22.4 Å². The second-order valence-corrected chi connectivity index (χ2v) is 9.37. The molecule has 0 bridgehead atoms.